The maximum atomic E-state index is 10.1. The molecule has 2 nitrogen and oxygen atoms in total. The van der Waals surface area contributed by atoms with E-state index in [1.165, 1.54) is 0 Å². The zero-order chi connectivity index (χ0) is 7.40. The predicted molar refractivity (Wildman–Crippen MR) is 36.6 cm³/mol. The van der Waals surface area contributed by atoms with Crippen LogP contribution in [0.15, 0.2) is 24.3 Å². The zero-order valence-electron chi connectivity index (χ0n) is 5.61. The topological polar surface area (TPSA) is 34.1 Å². The molecule has 0 aliphatic heterocycles. The maximum absolute atomic E-state index is 10.1. The van der Waals surface area contributed by atoms with E-state index in [1.807, 2.05) is 0 Å². The van der Waals surface area contributed by atoms with E-state index in [-0.39, 0.29) is 21.1 Å². The van der Waals surface area contributed by atoms with Gasteiger partial charge < -0.3 is 4.79 Å². The fraction of sp³-hybridized carbons (Fsp3) is 0. The van der Waals surface area contributed by atoms with Crippen LogP contribution in [0, 0.1) is 0 Å². The molecule has 0 spiro atoms. The Morgan fingerprint density at radius 1 is 1.18 bits per heavy atom. The first-order valence-electron chi connectivity index (χ1n) is 2.80. The largest absolute Gasteiger partial charge is 0.376 e. The molecule has 0 bridgehead atoms. The van der Waals surface area contributed by atoms with Crippen molar-refractivity contribution in [3.63, 3.8) is 0 Å². The summed E-state index contributed by atoms with van der Waals surface area (Å²) in [5.74, 6) is 0. The summed E-state index contributed by atoms with van der Waals surface area (Å²) in [5.41, 5.74) is 1.03. The third kappa shape index (κ3) is 2.77. The summed E-state index contributed by atoms with van der Waals surface area (Å²) in [6.45, 7) is 0. The molecule has 0 aliphatic rings. The molecule has 1 aromatic carbocycles. The number of benzene rings is 1. The van der Waals surface area contributed by atoms with Crippen molar-refractivity contribution in [1.82, 2.24) is 0 Å². The van der Waals surface area contributed by atoms with Crippen LogP contribution in [0.2, 0.25) is 0 Å². The fourth-order valence-corrected chi connectivity index (χ4v) is 0.630. The summed E-state index contributed by atoms with van der Waals surface area (Å²) >= 11 is 0. The predicted octanol–water partition coefficient (Wildman–Crippen LogP) is 0.954. The monoisotopic (exact) mass is 231 g/mol. The van der Waals surface area contributed by atoms with Crippen LogP contribution in [0.3, 0.4) is 0 Å². The van der Waals surface area contributed by atoms with Gasteiger partial charge in [-0.1, -0.05) is 0 Å². The first kappa shape index (κ1) is 10.2. The molecular weight excluding hydrogens is 224 g/mol. The minimum atomic E-state index is 0. The average molecular weight is 229 g/mol. The van der Waals surface area contributed by atoms with Crippen LogP contribution in [-0.4, -0.2) is 12.6 Å². The van der Waals surface area contributed by atoms with Gasteiger partial charge in [0.05, 0.1) is 6.29 Å². The molecule has 0 aliphatic carbocycles. The summed E-state index contributed by atoms with van der Waals surface area (Å²) in [6.07, 6.45) is 2.44. The smallest absolute Gasteiger partial charge is 0.147 e. The van der Waals surface area contributed by atoms with Crippen LogP contribution < -0.4 is 0 Å². The summed E-state index contributed by atoms with van der Waals surface area (Å²) in [5, 5.41) is 0. The summed E-state index contributed by atoms with van der Waals surface area (Å²) in [4.78, 5) is 20.1. The molecule has 0 fully saturated rings. The SMILES string of the molecule is O=[C-]c1ccc(C=O)cc1.[Mo]. The van der Waals surface area contributed by atoms with Gasteiger partial charge >= 0.3 is 0 Å². The number of carbonyl (C=O) groups is 1. The van der Waals surface area contributed by atoms with E-state index in [4.69, 9.17) is 0 Å². The van der Waals surface area contributed by atoms with E-state index in [0.717, 1.165) is 6.29 Å². The van der Waals surface area contributed by atoms with E-state index < -0.39 is 0 Å². The van der Waals surface area contributed by atoms with Gasteiger partial charge in [0, 0.05) is 21.1 Å². The molecule has 0 saturated carbocycles. The molecule has 1 aromatic rings. The van der Waals surface area contributed by atoms with E-state index in [9.17, 15) is 9.59 Å². The summed E-state index contributed by atoms with van der Waals surface area (Å²) in [7, 11) is 0. The van der Waals surface area contributed by atoms with Gasteiger partial charge in [0.15, 0.2) is 0 Å². The zero-order valence-corrected chi connectivity index (χ0v) is 7.62. The van der Waals surface area contributed by atoms with E-state index in [2.05, 4.69) is 0 Å². The number of hydrogen-bond acceptors (Lipinski definition) is 2. The molecule has 0 amide bonds. The van der Waals surface area contributed by atoms with Crippen molar-refractivity contribution in [2.75, 3.05) is 0 Å². The molecule has 0 aromatic heterocycles. The van der Waals surface area contributed by atoms with Crippen molar-refractivity contribution in [2.24, 2.45) is 0 Å². The van der Waals surface area contributed by atoms with Crippen molar-refractivity contribution < 1.29 is 30.7 Å². The third-order valence-electron chi connectivity index (χ3n) is 1.16. The van der Waals surface area contributed by atoms with Crippen molar-refractivity contribution >= 4 is 12.6 Å². The number of rotatable bonds is 2. The summed E-state index contributed by atoms with van der Waals surface area (Å²) < 4.78 is 0. The van der Waals surface area contributed by atoms with Crippen LogP contribution in [0.1, 0.15) is 15.9 Å². The Hall–Kier alpha value is -0.752. The standard InChI is InChI=1S/C8H5O2.Mo/c9-5-7-1-2-8(6-10)4-3-7;/h1-5H;/q-1;. The second kappa shape index (κ2) is 4.97. The number of aldehydes is 1. The van der Waals surface area contributed by atoms with Gasteiger partial charge in [-0.15, -0.1) is 12.1 Å². The first-order valence-corrected chi connectivity index (χ1v) is 2.80. The number of carbonyl (C=O) groups excluding carboxylic acids is 2. The minimum absolute atomic E-state index is 0. The second-order valence-electron chi connectivity index (χ2n) is 1.84. The van der Waals surface area contributed by atoms with Gasteiger partial charge in [0.25, 0.3) is 0 Å². The third-order valence-corrected chi connectivity index (χ3v) is 1.16. The van der Waals surface area contributed by atoms with Crippen molar-refractivity contribution in [2.45, 2.75) is 0 Å². The van der Waals surface area contributed by atoms with Crippen molar-refractivity contribution in [3.8, 4) is 0 Å². The minimum Gasteiger partial charge on any atom is -0.376 e. The van der Waals surface area contributed by atoms with E-state index in [0.29, 0.717) is 11.1 Å². The molecule has 56 valence electrons. The number of hydrogen-bond donors (Lipinski definition) is 0. The Morgan fingerprint density at radius 3 is 2.09 bits per heavy atom. The Kier molecular flexibility index (Phi) is 4.63. The molecule has 0 radical (unpaired) electrons. The Morgan fingerprint density at radius 2 is 1.73 bits per heavy atom. The molecular formula is C8H5MoO2-. The quantitative estimate of drug-likeness (QED) is 0.430. The van der Waals surface area contributed by atoms with Gasteiger partial charge in [-0.05, 0) is 5.56 Å². The van der Waals surface area contributed by atoms with Crippen LogP contribution in [0.4, 0.5) is 0 Å². The molecule has 0 heterocycles. The normalized spacial score (nSPS) is 8.00. The fourth-order valence-electron chi connectivity index (χ4n) is 0.630. The Balaban J connectivity index is 0.000001000. The second-order valence-corrected chi connectivity index (χ2v) is 1.84. The molecule has 11 heavy (non-hydrogen) atoms. The molecule has 3 heteroatoms. The Labute approximate surface area is 78.9 Å². The van der Waals surface area contributed by atoms with Crippen LogP contribution in [0.5, 0.6) is 0 Å². The van der Waals surface area contributed by atoms with Gasteiger partial charge in [0.2, 0.25) is 0 Å². The van der Waals surface area contributed by atoms with E-state index in [1.54, 1.807) is 30.6 Å². The van der Waals surface area contributed by atoms with Gasteiger partial charge in [-0.2, -0.15) is 17.7 Å². The molecule has 1 rings (SSSR count). The molecule has 0 N–H and O–H groups in total. The average Bonchev–Trinajstić information content (AvgIpc) is 2.05. The van der Waals surface area contributed by atoms with Gasteiger partial charge in [-0.25, -0.2) is 0 Å². The van der Waals surface area contributed by atoms with E-state index >= 15 is 0 Å². The van der Waals surface area contributed by atoms with Crippen LogP contribution >= 0.6 is 0 Å². The van der Waals surface area contributed by atoms with Crippen molar-refractivity contribution in [3.05, 3.63) is 35.4 Å². The van der Waals surface area contributed by atoms with Gasteiger partial charge in [-0.3, -0.25) is 4.79 Å². The van der Waals surface area contributed by atoms with Gasteiger partial charge in [0.1, 0.15) is 6.29 Å². The molecule has 0 saturated heterocycles. The molecule has 0 unspecified atom stereocenters. The summed E-state index contributed by atoms with van der Waals surface area (Å²) in [6, 6.07) is 6.26. The molecule has 0 atom stereocenters. The maximum Gasteiger partial charge on any atom is 0.147 e. The Bertz CT molecular complexity index is 214. The van der Waals surface area contributed by atoms with Crippen LogP contribution in [0.25, 0.3) is 0 Å². The first-order chi connectivity index (χ1) is 4.86. The van der Waals surface area contributed by atoms with Crippen molar-refractivity contribution in [1.29, 1.82) is 0 Å². The van der Waals surface area contributed by atoms with Crippen LogP contribution in [-0.2, 0) is 25.9 Å².